The van der Waals surface area contributed by atoms with Crippen molar-refractivity contribution in [2.45, 2.75) is 45.4 Å². The number of hydrogen-bond acceptors (Lipinski definition) is 2. The van der Waals surface area contributed by atoms with Gasteiger partial charge in [0.05, 0.1) is 0 Å². The fourth-order valence-electron chi connectivity index (χ4n) is 2.64. The average molecular weight is 325 g/mol. The summed E-state index contributed by atoms with van der Waals surface area (Å²) >= 11 is 0. The van der Waals surface area contributed by atoms with Gasteiger partial charge in [-0.15, -0.1) is 0 Å². The van der Waals surface area contributed by atoms with Gasteiger partial charge in [-0.1, -0.05) is 87.6 Å². The Morgan fingerprint density at radius 2 is 1.54 bits per heavy atom. The SMILES string of the molecule is CCCCCCCCNC(=O)Oc1ccccc1-c1ccccc1. The van der Waals surface area contributed by atoms with Crippen molar-refractivity contribution in [2.75, 3.05) is 6.54 Å². The third kappa shape index (κ3) is 6.07. The zero-order valence-electron chi connectivity index (χ0n) is 14.5. The number of carbonyl (C=O) groups excluding carboxylic acids is 1. The van der Waals surface area contributed by atoms with E-state index < -0.39 is 0 Å². The predicted octanol–water partition coefficient (Wildman–Crippen LogP) is 5.80. The summed E-state index contributed by atoms with van der Waals surface area (Å²) in [5.41, 5.74) is 1.96. The number of hydrogen-bond donors (Lipinski definition) is 1. The molecule has 2 aromatic carbocycles. The number of ether oxygens (including phenoxy) is 1. The lowest BCUT2D eigenvalue weighted by atomic mass is 10.1. The van der Waals surface area contributed by atoms with Crippen LogP contribution in [0.3, 0.4) is 0 Å². The van der Waals surface area contributed by atoms with Crippen molar-refractivity contribution < 1.29 is 9.53 Å². The van der Waals surface area contributed by atoms with Crippen LogP contribution in [0.2, 0.25) is 0 Å². The van der Waals surface area contributed by atoms with E-state index in [2.05, 4.69) is 12.2 Å². The predicted molar refractivity (Wildman–Crippen MR) is 99.3 cm³/mol. The van der Waals surface area contributed by atoms with Crippen LogP contribution in [0.4, 0.5) is 4.79 Å². The highest BCUT2D eigenvalue weighted by Gasteiger charge is 2.09. The minimum atomic E-state index is -0.382. The van der Waals surface area contributed by atoms with Crippen LogP contribution in [0.25, 0.3) is 11.1 Å². The zero-order chi connectivity index (χ0) is 17.0. The first-order valence-corrected chi connectivity index (χ1v) is 8.91. The van der Waals surface area contributed by atoms with E-state index >= 15 is 0 Å². The molecule has 0 atom stereocenters. The molecule has 3 nitrogen and oxygen atoms in total. The van der Waals surface area contributed by atoms with E-state index in [1.54, 1.807) is 0 Å². The molecule has 0 bridgehead atoms. The van der Waals surface area contributed by atoms with Crippen LogP contribution in [0, 0.1) is 0 Å². The van der Waals surface area contributed by atoms with Crippen LogP contribution in [0.1, 0.15) is 45.4 Å². The van der Waals surface area contributed by atoms with Gasteiger partial charge in [-0.05, 0) is 18.1 Å². The highest BCUT2D eigenvalue weighted by Crippen LogP contribution is 2.29. The molecule has 1 amide bonds. The van der Waals surface area contributed by atoms with E-state index in [0.717, 1.165) is 24.0 Å². The van der Waals surface area contributed by atoms with Crippen LogP contribution >= 0.6 is 0 Å². The van der Waals surface area contributed by atoms with Gasteiger partial charge in [-0.2, -0.15) is 0 Å². The Kier molecular flexibility index (Phi) is 7.88. The molecule has 0 aromatic heterocycles. The number of carbonyl (C=O) groups is 1. The quantitative estimate of drug-likeness (QED) is 0.591. The van der Waals surface area contributed by atoms with Gasteiger partial charge in [0.15, 0.2) is 0 Å². The van der Waals surface area contributed by atoms with Crippen molar-refractivity contribution in [2.24, 2.45) is 0 Å². The summed E-state index contributed by atoms with van der Waals surface area (Å²) in [4.78, 5) is 12.0. The minimum Gasteiger partial charge on any atom is -0.410 e. The molecule has 2 rings (SSSR count). The zero-order valence-corrected chi connectivity index (χ0v) is 14.5. The molecule has 24 heavy (non-hydrogen) atoms. The highest BCUT2D eigenvalue weighted by molar-refractivity contribution is 5.76. The van der Waals surface area contributed by atoms with Crippen molar-refractivity contribution in [1.29, 1.82) is 0 Å². The maximum Gasteiger partial charge on any atom is 0.412 e. The van der Waals surface area contributed by atoms with Crippen LogP contribution in [-0.4, -0.2) is 12.6 Å². The molecule has 128 valence electrons. The summed E-state index contributed by atoms with van der Waals surface area (Å²) in [5, 5.41) is 2.84. The van der Waals surface area contributed by atoms with Gasteiger partial charge in [0.2, 0.25) is 0 Å². The number of nitrogens with one attached hydrogen (secondary N) is 1. The van der Waals surface area contributed by atoms with Crippen molar-refractivity contribution in [3.63, 3.8) is 0 Å². The van der Waals surface area contributed by atoms with Gasteiger partial charge in [0, 0.05) is 12.1 Å². The first-order chi connectivity index (χ1) is 11.8. The average Bonchev–Trinajstić information content (AvgIpc) is 2.62. The molecule has 0 fully saturated rings. The van der Waals surface area contributed by atoms with Crippen molar-refractivity contribution in [1.82, 2.24) is 5.32 Å². The number of rotatable bonds is 9. The maximum atomic E-state index is 12.0. The van der Waals surface area contributed by atoms with E-state index in [1.165, 1.54) is 25.7 Å². The smallest absolute Gasteiger partial charge is 0.410 e. The third-order valence-corrected chi connectivity index (χ3v) is 3.97. The van der Waals surface area contributed by atoms with E-state index in [9.17, 15) is 4.79 Å². The number of unbranched alkanes of at least 4 members (excludes halogenated alkanes) is 5. The second-order valence-corrected chi connectivity index (χ2v) is 5.95. The second kappa shape index (κ2) is 10.5. The lowest BCUT2D eigenvalue weighted by Gasteiger charge is -2.11. The molecule has 3 heteroatoms. The standard InChI is InChI=1S/C21H27NO2/c1-2-3-4-5-6-12-17-22-21(23)24-20-16-11-10-15-19(20)18-13-8-7-9-14-18/h7-11,13-16H,2-6,12,17H2,1H3,(H,22,23). The Balaban J connectivity index is 1.80. The largest absolute Gasteiger partial charge is 0.412 e. The molecule has 0 unspecified atom stereocenters. The molecule has 0 heterocycles. The second-order valence-electron chi connectivity index (χ2n) is 5.95. The molecule has 0 saturated heterocycles. The lowest BCUT2D eigenvalue weighted by Crippen LogP contribution is -2.27. The summed E-state index contributed by atoms with van der Waals surface area (Å²) in [6.07, 6.45) is 6.84. The fourth-order valence-corrected chi connectivity index (χ4v) is 2.64. The summed E-state index contributed by atoms with van der Waals surface area (Å²) in [6, 6.07) is 17.6. The summed E-state index contributed by atoms with van der Waals surface area (Å²) in [5.74, 6) is 0.587. The van der Waals surface area contributed by atoms with Crippen LogP contribution in [0.5, 0.6) is 5.75 Å². The molecule has 0 spiro atoms. The highest BCUT2D eigenvalue weighted by atomic mass is 16.6. The molecule has 0 saturated carbocycles. The van der Waals surface area contributed by atoms with E-state index in [-0.39, 0.29) is 6.09 Å². The molecular formula is C21H27NO2. The Hall–Kier alpha value is -2.29. The Labute approximate surface area is 145 Å². The Bertz CT molecular complexity index is 610. The topological polar surface area (TPSA) is 38.3 Å². The molecule has 2 aromatic rings. The summed E-state index contributed by atoms with van der Waals surface area (Å²) in [6.45, 7) is 2.88. The number of para-hydroxylation sites is 1. The number of amides is 1. The molecule has 0 aliphatic heterocycles. The third-order valence-electron chi connectivity index (χ3n) is 3.97. The summed E-state index contributed by atoms with van der Waals surface area (Å²) in [7, 11) is 0. The lowest BCUT2D eigenvalue weighted by molar-refractivity contribution is 0.200. The van der Waals surface area contributed by atoms with E-state index in [1.807, 2.05) is 54.6 Å². The van der Waals surface area contributed by atoms with Crippen LogP contribution < -0.4 is 10.1 Å². The van der Waals surface area contributed by atoms with Gasteiger partial charge < -0.3 is 10.1 Å². The Morgan fingerprint density at radius 3 is 2.33 bits per heavy atom. The summed E-state index contributed by atoms with van der Waals surface area (Å²) < 4.78 is 5.49. The minimum absolute atomic E-state index is 0.382. The van der Waals surface area contributed by atoms with Crippen molar-refractivity contribution >= 4 is 6.09 Å². The molecule has 0 aliphatic carbocycles. The normalized spacial score (nSPS) is 10.4. The molecule has 0 radical (unpaired) electrons. The fraction of sp³-hybridized carbons (Fsp3) is 0.381. The maximum absolute atomic E-state index is 12.0. The van der Waals surface area contributed by atoms with Gasteiger partial charge in [-0.3, -0.25) is 0 Å². The van der Waals surface area contributed by atoms with Crippen molar-refractivity contribution in [3.8, 4) is 16.9 Å². The monoisotopic (exact) mass is 325 g/mol. The van der Waals surface area contributed by atoms with Crippen molar-refractivity contribution in [3.05, 3.63) is 54.6 Å². The molecular weight excluding hydrogens is 298 g/mol. The number of benzene rings is 2. The first-order valence-electron chi connectivity index (χ1n) is 8.91. The molecule has 0 aliphatic rings. The molecule has 1 N–H and O–H groups in total. The van der Waals surface area contributed by atoms with Crippen LogP contribution in [0.15, 0.2) is 54.6 Å². The first kappa shape index (κ1) is 18.1. The Morgan fingerprint density at radius 1 is 0.875 bits per heavy atom. The van der Waals surface area contributed by atoms with Gasteiger partial charge in [0.1, 0.15) is 5.75 Å². The van der Waals surface area contributed by atoms with E-state index in [4.69, 9.17) is 4.74 Å². The van der Waals surface area contributed by atoms with E-state index in [0.29, 0.717) is 12.3 Å². The van der Waals surface area contributed by atoms with Crippen LogP contribution in [-0.2, 0) is 0 Å². The van der Waals surface area contributed by atoms with Gasteiger partial charge >= 0.3 is 6.09 Å². The van der Waals surface area contributed by atoms with Gasteiger partial charge in [-0.25, -0.2) is 4.79 Å². The van der Waals surface area contributed by atoms with Gasteiger partial charge in [0.25, 0.3) is 0 Å².